The van der Waals surface area contributed by atoms with E-state index in [0.29, 0.717) is 16.2 Å². The minimum atomic E-state index is 0.395. The van der Waals surface area contributed by atoms with E-state index in [1.54, 1.807) is 0 Å². The number of rotatable bonds is 1. The third-order valence-corrected chi connectivity index (χ3v) is 2.89. The fourth-order valence-corrected chi connectivity index (χ4v) is 2.13. The van der Waals surface area contributed by atoms with Crippen LogP contribution in [0.4, 0.5) is 0 Å². The Hall–Kier alpha value is -1.87. The first-order chi connectivity index (χ1) is 7.81. The van der Waals surface area contributed by atoms with Gasteiger partial charge in [-0.1, -0.05) is 29.8 Å². The van der Waals surface area contributed by atoms with Gasteiger partial charge in [0, 0.05) is 22.5 Å². The standard InChI is InChI=1S/C12H6ClN2O/c13-12-10-8-3-1-2-4-9(8)15-11(10)7(6-16)5-14-12/h1-5,15H. The monoisotopic (exact) mass is 229 g/mol. The van der Waals surface area contributed by atoms with Gasteiger partial charge in [0.05, 0.1) is 11.1 Å². The minimum Gasteiger partial charge on any atom is -0.354 e. The molecule has 2 heterocycles. The second-order valence-corrected chi connectivity index (χ2v) is 3.84. The molecular formula is C12H6ClN2O. The molecule has 0 saturated carbocycles. The van der Waals surface area contributed by atoms with Crippen LogP contribution >= 0.6 is 11.6 Å². The highest BCUT2D eigenvalue weighted by Crippen LogP contribution is 2.31. The van der Waals surface area contributed by atoms with Gasteiger partial charge in [-0.3, -0.25) is 4.79 Å². The molecule has 1 aromatic carbocycles. The van der Waals surface area contributed by atoms with Crippen LogP contribution in [0.3, 0.4) is 0 Å². The van der Waals surface area contributed by atoms with Crippen LogP contribution in [0.25, 0.3) is 21.8 Å². The molecular weight excluding hydrogens is 224 g/mol. The van der Waals surface area contributed by atoms with E-state index in [9.17, 15) is 4.79 Å². The summed E-state index contributed by atoms with van der Waals surface area (Å²) in [6.45, 7) is 0. The Morgan fingerprint density at radius 2 is 2.12 bits per heavy atom. The Bertz CT molecular complexity index is 703. The van der Waals surface area contributed by atoms with Crippen LogP contribution in [0, 0.1) is 0 Å². The number of halogens is 1. The predicted octanol–water partition coefficient (Wildman–Crippen LogP) is 2.83. The van der Waals surface area contributed by atoms with Crippen LogP contribution in [0.5, 0.6) is 0 Å². The minimum absolute atomic E-state index is 0.395. The molecule has 0 saturated heterocycles. The van der Waals surface area contributed by atoms with Crippen LogP contribution in [-0.2, 0) is 4.79 Å². The quantitative estimate of drug-likeness (QED) is 0.652. The second-order valence-electron chi connectivity index (χ2n) is 3.49. The van der Waals surface area contributed by atoms with E-state index < -0.39 is 0 Å². The fourth-order valence-electron chi connectivity index (χ4n) is 1.89. The van der Waals surface area contributed by atoms with Crippen molar-refractivity contribution in [3.63, 3.8) is 0 Å². The lowest BCUT2D eigenvalue weighted by atomic mass is 10.1. The van der Waals surface area contributed by atoms with Crippen LogP contribution in [-0.4, -0.2) is 16.3 Å². The molecule has 77 valence electrons. The molecule has 0 aliphatic rings. The number of H-pyrrole nitrogens is 1. The van der Waals surface area contributed by atoms with Crippen molar-refractivity contribution in [1.82, 2.24) is 9.97 Å². The maximum absolute atomic E-state index is 10.8. The van der Waals surface area contributed by atoms with Gasteiger partial charge in [0.25, 0.3) is 0 Å². The van der Waals surface area contributed by atoms with Crippen LogP contribution in [0.1, 0.15) is 5.56 Å². The van der Waals surface area contributed by atoms with Crippen molar-refractivity contribution in [2.75, 3.05) is 0 Å². The van der Waals surface area contributed by atoms with Crippen molar-refractivity contribution in [2.24, 2.45) is 0 Å². The highest BCUT2D eigenvalue weighted by molar-refractivity contribution is 6.37. The van der Waals surface area contributed by atoms with Gasteiger partial charge in [-0.2, -0.15) is 0 Å². The molecule has 0 spiro atoms. The molecule has 0 amide bonds. The van der Waals surface area contributed by atoms with Gasteiger partial charge in [-0.05, 0) is 6.07 Å². The molecule has 0 unspecified atom stereocenters. The molecule has 0 atom stereocenters. The summed E-state index contributed by atoms with van der Waals surface area (Å²) in [5, 5.41) is 2.14. The number of pyridine rings is 1. The molecule has 0 aliphatic heterocycles. The van der Waals surface area contributed by atoms with Gasteiger partial charge in [-0.25, -0.2) is 4.98 Å². The summed E-state index contributed by atoms with van der Waals surface area (Å²) in [7, 11) is 0. The third-order valence-electron chi connectivity index (χ3n) is 2.60. The van der Waals surface area contributed by atoms with Gasteiger partial charge in [0.15, 0.2) is 0 Å². The maximum Gasteiger partial charge on any atom is 0.237 e. The molecule has 0 aliphatic carbocycles. The van der Waals surface area contributed by atoms with Gasteiger partial charge >= 0.3 is 0 Å². The fraction of sp³-hybridized carbons (Fsp3) is 0. The topological polar surface area (TPSA) is 45.8 Å². The zero-order valence-corrected chi connectivity index (χ0v) is 8.88. The number of hydrogen-bond acceptors (Lipinski definition) is 2. The van der Waals surface area contributed by atoms with E-state index >= 15 is 0 Å². The molecule has 4 heteroatoms. The van der Waals surface area contributed by atoms with Gasteiger partial charge in [0.1, 0.15) is 5.15 Å². The van der Waals surface area contributed by atoms with Gasteiger partial charge in [0.2, 0.25) is 6.29 Å². The van der Waals surface area contributed by atoms with E-state index in [-0.39, 0.29) is 0 Å². The number of aromatic nitrogens is 2. The van der Waals surface area contributed by atoms with Gasteiger partial charge in [-0.15, -0.1) is 0 Å². The maximum atomic E-state index is 10.8. The molecule has 1 N–H and O–H groups in total. The molecule has 3 aromatic rings. The number of aromatic amines is 1. The first-order valence-electron chi connectivity index (χ1n) is 4.74. The van der Waals surface area contributed by atoms with Crippen molar-refractivity contribution in [2.45, 2.75) is 0 Å². The summed E-state index contributed by atoms with van der Waals surface area (Å²) >= 11 is 6.05. The lowest BCUT2D eigenvalue weighted by Crippen LogP contribution is -1.86. The van der Waals surface area contributed by atoms with E-state index in [0.717, 1.165) is 16.3 Å². The highest BCUT2D eigenvalue weighted by atomic mass is 35.5. The third kappa shape index (κ3) is 1.15. The number of benzene rings is 1. The molecule has 2 aromatic heterocycles. The Kier molecular flexibility index (Phi) is 1.94. The van der Waals surface area contributed by atoms with E-state index in [1.807, 2.05) is 30.6 Å². The van der Waals surface area contributed by atoms with Crippen molar-refractivity contribution >= 4 is 39.7 Å². The molecule has 0 bridgehead atoms. The van der Waals surface area contributed by atoms with E-state index in [1.165, 1.54) is 6.20 Å². The summed E-state index contributed by atoms with van der Waals surface area (Å²) in [4.78, 5) is 17.9. The highest BCUT2D eigenvalue weighted by Gasteiger charge is 2.11. The molecule has 1 radical (unpaired) electrons. The Morgan fingerprint density at radius 1 is 1.31 bits per heavy atom. The number of carbonyl (C=O) groups excluding carboxylic acids is 1. The average Bonchev–Trinajstić information content (AvgIpc) is 2.69. The zero-order chi connectivity index (χ0) is 11.1. The summed E-state index contributed by atoms with van der Waals surface area (Å²) in [6, 6.07) is 7.71. The number of para-hydroxylation sites is 1. The normalized spacial score (nSPS) is 11.1. The lowest BCUT2D eigenvalue weighted by Gasteiger charge is -1.95. The number of fused-ring (bicyclic) bond motifs is 3. The summed E-state index contributed by atoms with van der Waals surface area (Å²) < 4.78 is 0. The van der Waals surface area contributed by atoms with Crippen molar-refractivity contribution in [3.05, 3.63) is 41.2 Å². The Labute approximate surface area is 96.1 Å². The molecule has 0 fully saturated rings. The second kappa shape index (κ2) is 3.32. The summed E-state index contributed by atoms with van der Waals surface area (Å²) in [5.74, 6) is 0. The SMILES string of the molecule is O=[C]c1cnc(Cl)c2c1[nH]c1ccccc12. The van der Waals surface area contributed by atoms with Crippen molar-refractivity contribution in [1.29, 1.82) is 0 Å². The van der Waals surface area contributed by atoms with Crippen LogP contribution < -0.4 is 0 Å². The smallest absolute Gasteiger partial charge is 0.237 e. The zero-order valence-electron chi connectivity index (χ0n) is 8.12. The predicted molar refractivity (Wildman–Crippen MR) is 63.4 cm³/mol. The van der Waals surface area contributed by atoms with Crippen LogP contribution in [0.2, 0.25) is 5.15 Å². The Balaban J connectivity index is 2.62. The summed E-state index contributed by atoms with van der Waals surface area (Å²) in [5.41, 5.74) is 2.02. The largest absolute Gasteiger partial charge is 0.354 e. The lowest BCUT2D eigenvalue weighted by molar-refractivity contribution is 0.563. The van der Waals surface area contributed by atoms with Gasteiger partial charge < -0.3 is 4.98 Å². The first-order valence-corrected chi connectivity index (χ1v) is 5.12. The number of nitrogens with one attached hydrogen (secondary N) is 1. The average molecular weight is 230 g/mol. The molecule has 16 heavy (non-hydrogen) atoms. The first kappa shape index (κ1) is 9.36. The number of hydrogen-bond donors (Lipinski definition) is 1. The van der Waals surface area contributed by atoms with E-state index in [2.05, 4.69) is 9.97 Å². The molecule has 3 nitrogen and oxygen atoms in total. The Morgan fingerprint density at radius 3 is 2.94 bits per heavy atom. The molecule has 3 rings (SSSR count). The number of nitrogens with zero attached hydrogens (tertiary/aromatic N) is 1. The van der Waals surface area contributed by atoms with Crippen molar-refractivity contribution in [3.8, 4) is 0 Å². The van der Waals surface area contributed by atoms with Crippen LogP contribution in [0.15, 0.2) is 30.5 Å². The van der Waals surface area contributed by atoms with E-state index in [4.69, 9.17) is 11.6 Å². The summed E-state index contributed by atoms with van der Waals surface area (Å²) in [6.07, 6.45) is 3.28. The van der Waals surface area contributed by atoms with Crippen molar-refractivity contribution < 1.29 is 4.79 Å².